The minimum atomic E-state index is -0.343. The zero-order valence-electron chi connectivity index (χ0n) is 10.8. The summed E-state index contributed by atoms with van der Waals surface area (Å²) in [5.74, 6) is 0. The number of hydrogen-bond donors (Lipinski definition) is 1. The van der Waals surface area contributed by atoms with Crippen LogP contribution in [0, 0.1) is 20.8 Å². The van der Waals surface area contributed by atoms with Crippen LogP contribution in [0.4, 0.5) is 0 Å². The van der Waals surface area contributed by atoms with Crippen molar-refractivity contribution in [2.24, 2.45) is 0 Å². The maximum Gasteiger partial charge on any atom is 0.206 e. The van der Waals surface area contributed by atoms with Gasteiger partial charge in [-0.3, -0.25) is 4.79 Å². The molecule has 2 aromatic rings. The van der Waals surface area contributed by atoms with Gasteiger partial charge in [-0.15, -0.1) is 0 Å². The van der Waals surface area contributed by atoms with Crippen LogP contribution in [0.5, 0.6) is 0 Å². The molecule has 1 aromatic carbocycles. The van der Waals surface area contributed by atoms with Crippen molar-refractivity contribution in [2.45, 2.75) is 27.4 Å². The maximum atomic E-state index is 11.5. The number of hydrogen-bond acceptors (Lipinski definition) is 3. The van der Waals surface area contributed by atoms with Gasteiger partial charge < -0.3 is 5.11 Å². The molecule has 1 aromatic heterocycles. The Morgan fingerprint density at radius 3 is 2.50 bits per heavy atom. The molecule has 2 rings (SSSR count). The molecule has 0 bridgehead atoms. The van der Waals surface area contributed by atoms with Crippen molar-refractivity contribution in [3.8, 4) is 5.69 Å². The largest absolute Gasteiger partial charge is 0.390 e. The van der Waals surface area contributed by atoms with Crippen molar-refractivity contribution < 1.29 is 5.11 Å². The summed E-state index contributed by atoms with van der Waals surface area (Å²) in [7, 11) is 0. The smallest absolute Gasteiger partial charge is 0.206 e. The van der Waals surface area contributed by atoms with Gasteiger partial charge in [0, 0.05) is 11.8 Å². The van der Waals surface area contributed by atoms with E-state index in [2.05, 4.69) is 5.10 Å². The van der Waals surface area contributed by atoms with Crippen molar-refractivity contribution in [1.82, 2.24) is 9.78 Å². The van der Waals surface area contributed by atoms with E-state index in [4.69, 9.17) is 5.11 Å². The van der Waals surface area contributed by atoms with Gasteiger partial charge in [-0.1, -0.05) is 6.07 Å². The van der Waals surface area contributed by atoms with Crippen LogP contribution in [0.25, 0.3) is 5.69 Å². The predicted octanol–water partition coefficient (Wildman–Crippen LogP) is 1.65. The van der Waals surface area contributed by atoms with Gasteiger partial charge in [-0.05, 0) is 44.0 Å². The normalized spacial score (nSPS) is 10.7. The van der Waals surface area contributed by atoms with Gasteiger partial charge in [0.25, 0.3) is 0 Å². The van der Waals surface area contributed by atoms with Crippen LogP contribution in [-0.2, 0) is 6.61 Å². The Balaban J connectivity index is 2.63. The Morgan fingerprint density at radius 1 is 1.17 bits per heavy atom. The number of benzene rings is 1. The number of nitrogens with zero attached hydrogens (tertiary/aromatic N) is 2. The molecule has 0 aliphatic carbocycles. The van der Waals surface area contributed by atoms with Gasteiger partial charge in [0.15, 0.2) is 0 Å². The SMILES string of the molecule is Cc1ccc(-n2nc(CO)c(=O)cc2C)cc1C. The second-order valence-corrected chi connectivity index (χ2v) is 4.44. The third-order valence-electron chi connectivity index (χ3n) is 3.06. The summed E-state index contributed by atoms with van der Waals surface area (Å²) < 4.78 is 1.68. The lowest BCUT2D eigenvalue weighted by Crippen LogP contribution is -2.18. The lowest BCUT2D eigenvalue weighted by molar-refractivity contribution is 0.273. The maximum absolute atomic E-state index is 11.5. The van der Waals surface area contributed by atoms with Crippen molar-refractivity contribution >= 4 is 0 Å². The number of aliphatic hydroxyl groups excluding tert-OH is 1. The molecule has 1 N–H and O–H groups in total. The second kappa shape index (κ2) is 4.74. The zero-order chi connectivity index (χ0) is 13.3. The zero-order valence-corrected chi connectivity index (χ0v) is 10.8. The van der Waals surface area contributed by atoms with E-state index in [9.17, 15) is 4.79 Å². The number of aliphatic hydroxyl groups is 1. The van der Waals surface area contributed by atoms with E-state index in [1.165, 1.54) is 11.6 Å². The lowest BCUT2D eigenvalue weighted by atomic mass is 10.1. The van der Waals surface area contributed by atoms with Gasteiger partial charge >= 0.3 is 0 Å². The molecule has 18 heavy (non-hydrogen) atoms. The van der Waals surface area contributed by atoms with Crippen molar-refractivity contribution in [3.05, 3.63) is 57.0 Å². The minimum Gasteiger partial charge on any atom is -0.390 e. The van der Waals surface area contributed by atoms with Crippen molar-refractivity contribution in [3.63, 3.8) is 0 Å². The average molecular weight is 244 g/mol. The molecule has 0 spiro atoms. The Kier molecular flexibility index (Phi) is 3.30. The first-order valence-corrected chi connectivity index (χ1v) is 5.81. The first-order chi connectivity index (χ1) is 8.52. The van der Waals surface area contributed by atoms with Gasteiger partial charge in [-0.25, -0.2) is 4.68 Å². The summed E-state index contributed by atoms with van der Waals surface area (Å²) in [5.41, 5.74) is 3.96. The highest BCUT2D eigenvalue weighted by Gasteiger charge is 2.07. The predicted molar refractivity (Wildman–Crippen MR) is 70.0 cm³/mol. The third-order valence-corrected chi connectivity index (χ3v) is 3.06. The van der Waals surface area contributed by atoms with E-state index in [0.717, 1.165) is 16.9 Å². The van der Waals surface area contributed by atoms with E-state index < -0.39 is 0 Å². The van der Waals surface area contributed by atoms with Gasteiger partial charge in [0.2, 0.25) is 5.43 Å². The highest BCUT2D eigenvalue weighted by Crippen LogP contribution is 2.14. The molecule has 4 nitrogen and oxygen atoms in total. The van der Waals surface area contributed by atoms with E-state index in [1.54, 1.807) is 4.68 Å². The summed E-state index contributed by atoms with van der Waals surface area (Å²) in [6.07, 6.45) is 0. The molecule has 0 radical (unpaired) electrons. The summed E-state index contributed by atoms with van der Waals surface area (Å²) in [6.45, 7) is 5.56. The minimum absolute atomic E-state index is 0.166. The first-order valence-electron chi connectivity index (χ1n) is 5.81. The fourth-order valence-corrected chi connectivity index (χ4v) is 1.81. The van der Waals surface area contributed by atoms with Crippen molar-refractivity contribution in [1.29, 1.82) is 0 Å². The van der Waals surface area contributed by atoms with E-state index >= 15 is 0 Å². The summed E-state index contributed by atoms with van der Waals surface area (Å²) in [5, 5.41) is 13.3. The van der Waals surface area contributed by atoms with Gasteiger partial charge in [0.05, 0.1) is 12.3 Å². The fraction of sp³-hybridized carbons (Fsp3) is 0.286. The Bertz CT molecular complexity index is 645. The Labute approximate surface area is 106 Å². The first kappa shape index (κ1) is 12.5. The summed E-state index contributed by atoms with van der Waals surface area (Å²) >= 11 is 0. The molecule has 0 aliphatic rings. The molecular weight excluding hydrogens is 228 g/mol. The molecule has 4 heteroatoms. The van der Waals surface area contributed by atoms with E-state index in [-0.39, 0.29) is 17.7 Å². The molecule has 0 aliphatic heterocycles. The molecule has 94 valence electrons. The van der Waals surface area contributed by atoms with E-state index in [0.29, 0.717) is 0 Å². The highest BCUT2D eigenvalue weighted by molar-refractivity contribution is 5.40. The van der Waals surface area contributed by atoms with Crippen LogP contribution in [-0.4, -0.2) is 14.9 Å². The molecule has 0 fully saturated rings. The molecule has 0 amide bonds. The Hall–Kier alpha value is -1.94. The van der Waals surface area contributed by atoms with Gasteiger partial charge in [-0.2, -0.15) is 5.10 Å². The number of rotatable bonds is 2. The van der Waals surface area contributed by atoms with Crippen LogP contribution in [0.2, 0.25) is 0 Å². The number of aromatic nitrogens is 2. The molecule has 0 unspecified atom stereocenters. The molecule has 1 heterocycles. The van der Waals surface area contributed by atoms with Crippen LogP contribution in [0.15, 0.2) is 29.1 Å². The molecule has 0 saturated carbocycles. The quantitative estimate of drug-likeness (QED) is 0.874. The van der Waals surface area contributed by atoms with Crippen LogP contribution in [0.1, 0.15) is 22.5 Å². The third kappa shape index (κ3) is 2.19. The summed E-state index contributed by atoms with van der Waals surface area (Å²) in [6, 6.07) is 7.48. The second-order valence-electron chi connectivity index (χ2n) is 4.44. The van der Waals surface area contributed by atoms with E-state index in [1.807, 2.05) is 39.0 Å². The van der Waals surface area contributed by atoms with Crippen molar-refractivity contribution in [2.75, 3.05) is 0 Å². The number of aryl methyl sites for hydroxylation is 3. The van der Waals surface area contributed by atoms with Gasteiger partial charge in [0.1, 0.15) is 5.69 Å². The lowest BCUT2D eigenvalue weighted by Gasteiger charge is -2.12. The fourth-order valence-electron chi connectivity index (χ4n) is 1.81. The molecule has 0 saturated heterocycles. The monoisotopic (exact) mass is 244 g/mol. The van der Waals surface area contributed by atoms with Crippen LogP contribution >= 0.6 is 0 Å². The average Bonchev–Trinajstić information content (AvgIpc) is 2.33. The molecule has 0 atom stereocenters. The van der Waals surface area contributed by atoms with Crippen LogP contribution in [0.3, 0.4) is 0 Å². The molecular formula is C14H16N2O2. The highest BCUT2D eigenvalue weighted by atomic mass is 16.3. The topological polar surface area (TPSA) is 55.1 Å². The standard InChI is InChI=1S/C14H16N2O2/c1-9-4-5-12(6-10(9)2)16-11(3)7-14(18)13(8-17)15-16/h4-7,17H,8H2,1-3H3. The van der Waals surface area contributed by atoms with Crippen LogP contribution < -0.4 is 5.43 Å². The Morgan fingerprint density at radius 2 is 1.89 bits per heavy atom. The summed E-state index contributed by atoms with van der Waals surface area (Å²) in [4.78, 5) is 11.5.